The number of anilines is 1. The van der Waals surface area contributed by atoms with Crippen molar-refractivity contribution in [3.63, 3.8) is 0 Å². The number of benzene rings is 1. The number of nitrogens with zero attached hydrogens (tertiary/aromatic N) is 2. The van der Waals surface area contributed by atoms with Crippen molar-refractivity contribution in [2.75, 3.05) is 46.1 Å². The van der Waals surface area contributed by atoms with E-state index < -0.39 is 0 Å². The molecule has 0 unspecified atom stereocenters. The van der Waals surface area contributed by atoms with Crippen molar-refractivity contribution in [2.45, 2.75) is 12.8 Å². The van der Waals surface area contributed by atoms with Gasteiger partial charge in [-0.3, -0.25) is 9.69 Å². The molecule has 0 spiro atoms. The van der Waals surface area contributed by atoms with Crippen molar-refractivity contribution in [2.24, 2.45) is 0 Å². The van der Waals surface area contributed by atoms with Gasteiger partial charge in [-0.05, 0) is 44.1 Å². The first-order valence-electron chi connectivity index (χ1n) is 7.04. The maximum absolute atomic E-state index is 11.9. The van der Waals surface area contributed by atoms with Crippen LogP contribution in [-0.2, 0) is 0 Å². The Bertz CT molecular complexity index is 468. The van der Waals surface area contributed by atoms with Crippen LogP contribution in [-0.4, -0.2) is 56.0 Å². The fourth-order valence-electron chi connectivity index (χ4n) is 2.34. The maximum atomic E-state index is 11.9. The molecule has 2 N–H and O–H groups in total. The topological polar surface area (TPSA) is 58.8 Å². The second-order valence-corrected chi connectivity index (χ2v) is 5.35. The fourth-order valence-corrected chi connectivity index (χ4v) is 2.34. The van der Waals surface area contributed by atoms with Gasteiger partial charge in [0, 0.05) is 26.2 Å². The number of hydrogen-bond acceptors (Lipinski definition) is 4. The van der Waals surface area contributed by atoms with Crippen LogP contribution in [0.25, 0.3) is 0 Å². The van der Waals surface area contributed by atoms with Crippen LogP contribution in [0, 0.1) is 0 Å². The first-order valence-corrected chi connectivity index (χ1v) is 7.04. The number of carbonyl (C=O) groups is 1. The molecule has 1 aliphatic heterocycles. The van der Waals surface area contributed by atoms with E-state index in [9.17, 15) is 4.79 Å². The number of ether oxygens (including phenoxy) is 1. The molecular weight excluding hydrogens is 254 g/mol. The van der Waals surface area contributed by atoms with Crippen LogP contribution in [0.1, 0.15) is 23.2 Å². The molecule has 1 aliphatic rings. The lowest BCUT2D eigenvalue weighted by atomic mass is 10.1. The van der Waals surface area contributed by atoms with Gasteiger partial charge in [0.15, 0.2) is 0 Å². The van der Waals surface area contributed by atoms with E-state index in [2.05, 4.69) is 4.90 Å². The molecule has 110 valence electrons. The van der Waals surface area contributed by atoms with Crippen LogP contribution in [0.4, 0.5) is 5.69 Å². The molecule has 2 rings (SSSR count). The predicted molar refractivity (Wildman–Crippen MR) is 80.0 cm³/mol. The molecule has 0 atom stereocenters. The zero-order valence-electron chi connectivity index (χ0n) is 12.3. The number of hydrogen-bond donors (Lipinski definition) is 1. The highest BCUT2D eigenvalue weighted by atomic mass is 16.5. The third-order valence-electron chi connectivity index (χ3n) is 3.53. The third kappa shape index (κ3) is 3.63. The number of rotatable bonds is 5. The van der Waals surface area contributed by atoms with Gasteiger partial charge < -0.3 is 15.4 Å². The molecule has 5 nitrogen and oxygen atoms in total. The molecule has 0 radical (unpaired) electrons. The summed E-state index contributed by atoms with van der Waals surface area (Å²) in [6, 6.07) is 5.18. The zero-order valence-corrected chi connectivity index (χ0v) is 12.3. The molecule has 20 heavy (non-hydrogen) atoms. The molecule has 1 saturated heterocycles. The quantitative estimate of drug-likeness (QED) is 0.828. The van der Waals surface area contributed by atoms with E-state index in [4.69, 9.17) is 10.5 Å². The molecule has 0 aromatic heterocycles. The number of carbonyl (C=O) groups excluding carboxylic acids is 1. The van der Waals surface area contributed by atoms with Crippen LogP contribution in [0.3, 0.4) is 0 Å². The van der Waals surface area contributed by atoms with Crippen molar-refractivity contribution in [1.29, 1.82) is 0 Å². The highest BCUT2D eigenvalue weighted by Crippen LogP contribution is 2.23. The lowest BCUT2D eigenvalue weighted by Gasteiger charge is -2.16. The van der Waals surface area contributed by atoms with Gasteiger partial charge >= 0.3 is 0 Å². The van der Waals surface area contributed by atoms with Crippen LogP contribution >= 0.6 is 0 Å². The van der Waals surface area contributed by atoms with E-state index in [1.54, 1.807) is 37.2 Å². The number of amides is 1. The van der Waals surface area contributed by atoms with Crippen molar-refractivity contribution in [3.8, 4) is 5.75 Å². The SMILES string of the molecule is CN(C)C(=O)c1ccc(N)c(OCCN2CCCC2)c1. The van der Waals surface area contributed by atoms with E-state index in [1.165, 1.54) is 12.8 Å². The summed E-state index contributed by atoms with van der Waals surface area (Å²) in [4.78, 5) is 15.8. The van der Waals surface area contributed by atoms with Gasteiger partial charge in [-0.25, -0.2) is 0 Å². The van der Waals surface area contributed by atoms with Gasteiger partial charge in [0.25, 0.3) is 5.91 Å². The van der Waals surface area contributed by atoms with E-state index >= 15 is 0 Å². The Labute approximate surface area is 120 Å². The largest absolute Gasteiger partial charge is 0.490 e. The average Bonchev–Trinajstić information content (AvgIpc) is 2.93. The van der Waals surface area contributed by atoms with Crippen molar-refractivity contribution in [1.82, 2.24) is 9.80 Å². The number of nitrogen functional groups attached to an aromatic ring is 1. The molecule has 1 fully saturated rings. The Morgan fingerprint density at radius 2 is 2.05 bits per heavy atom. The summed E-state index contributed by atoms with van der Waals surface area (Å²) in [7, 11) is 3.46. The highest BCUT2D eigenvalue weighted by Gasteiger charge is 2.13. The van der Waals surface area contributed by atoms with Gasteiger partial charge in [0.1, 0.15) is 12.4 Å². The predicted octanol–water partition coefficient (Wildman–Crippen LogP) is 1.45. The molecule has 1 aromatic rings. The summed E-state index contributed by atoms with van der Waals surface area (Å²) in [5.41, 5.74) is 7.07. The normalized spacial score (nSPS) is 15.3. The lowest BCUT2D eigenvalue weighted by molar-refractivity contribution is 0.0827. The summed E-state index contributed by atoms with van der Waals surface area (Å²) in [5.74, 6) is 0.547. The maximum Gasteiger partial charge on any atom is 0.253 e. The molecule has 0 saturated carbocycles. The van der Waals surface area contributed by atoms with E-state index in [0.717, 1.165) is 19.6 Å². The van der Waals surface area contributed by atoms with Gasteiger partial charge in [-0.15, -0.1) is 0 Å². The van der Waals surface area contributed by atoms with Gasteiger partial charge in [-0.2, -0.15) is 0 Å². The van der Waals surface area contributed by atoms with E-state index in [-0.39, 0.29) is 5.91 Å². The van der Waals surface area contributed by atoms with Gasteiger partial charge in [0.2, 0.25) is 0 Å². The highest BCUT2D eigenvalue weighted by molar-refractivity contribution is 5.94. The summed E-state index contributed by atoms with van der Waals surface area (Å²) < 4.78 is 5.73. The standard InChI is InChI=1S/C15H23N3O2/c1-17(2)15(19)12-5-6-13(16)14(11-12)20-10-9-18-7-3-4-8-18/h5-6,11H,3-4,7-10,16H2,1-2H3. The van der Waals surface area contributed by atoms with Crippen molar-refractivity contribution < 1.29 is 9.53 Å². The zero-order chi connectivity index (χ0) is 14.5. The average molecular weight is 277 g/mol. The summed E-state index contributed by atoms with van der Waals surface area (Å²) in [5, 5.41) is 0. The van der Waals surface area contributed by atoms with Gasteiger partial charge in [0.05, 0.1) is 5.69 Å². The van der Waals surface area contributed by atoms with Crippen LogP contribution in [0.15, 0.2) is 18.2 Å². The van der Waals surface area contributed by atoms with Gasteiger partial charge in [-0.1, -0.05) is 0 Å². The summed E-state index contributed by atoms with van der Waals surface area (Å²) in [6.45, 7) is 3.81. The Morgan fingerprint density at radius 1 is 1.35 bits per heavy atom. The Balaban J connectivity index is 1.95. The molecule has 0 bridgehead atoms. The molecular formula is C15H23N3O2. The van der Waals surface area contributed by atoms with Crippen LogP contribution in [0.2, 0.25) is 0 Å². The second kappa shape index (κ2) is 6.61. The molecule has 5 heteroatoms. The Kier molecular flexibility index (Phi) is 4.84. The first-order chi connectivity index (χ1) is 9.58. The van der Waals surface area contributed by atoms with Crippen molar-refractivity contribution in [3.05, 3.63) is 23.8 Å². The minimum Gasteiger partial charge on any atom is -0.490 e. The van der Waals surface area contributed by atoms with Crippen LogP contribution < -0.4 is 10.5 Å². The summed E-state index contributed by atoms with van der Waals surface area (Å²) in [6.07, 6.45) is 2.55. The molecule has 0 aliphatic carbocycles. The fraction of sp³-hybridized carbons (Fsp3) is 0.533. The molecule has 1 amide bonds. The third-order valence-corrected chi connectivity index (χ3v) is 3.53. The van der Waals surface area contributed by atoms with E-state index in [0.29, 0.717) is 23.6 Å². The summed E-state index contributed by atoms with van der Waals surface area (Å²) >= 11 is 0. The van der Waals surface area contributed by atoms with E-state index in [1.807, 2.05) is 0 Å². The second-order valence-electron chi connectivity index (χ2n) is 5.35. The Morgan fingerprint density at radius 3 is 2.70 bits per heavy atom. The molecule has 1 heterocycles. The minimum atomic E-state index is -0.0469. The first kappa shape index (κ1) is 14.7. The molecule has 1 aromatic carbocycles. The lowest BCUT2D eigenvalue weighted by Crippen LogP contribution is -2.25. The smallest absolute Gasteiger partial charge is 0.253 e. The monoisotopic (exact) mass is 277 g/mol. The Hall–Kier alpha value is -1.75. The minimum absolute atomic E-state index is 0.0469. The number of nitrogens with two attached hydrogens (primary N) is 1. The van der Waals surface area contributed by atoms with Crippen molar-refractivity contribution >= 4 is 11.6 Å². The number of likely N-dealkylation sites (tertiary alicyclic amines) is 1. The van der Waals surface area contributed by atoms with Crippen LogP contribution in [0.5, 0.6) is 5.75 Å².